The van der Waals surface area contributed by atoms with Gasteiger partial charge in [-0.15, -0.1) is 0 Å². The van der Waals surface area contributed by atoms with Crippen molar-refractivity contribution >= 4 is 39.8 Å². The standard InChI is InChI=1S/C24H25ClF4N6O2/c1-36-20-11-19-16(23(32-14-31-19)33-15-3-4-18(26)17(25)9-15)10-21(20)37-8-2-5-34-6-7-35(22(30)12-34)13-24(27,28)29/h3-4,9-11,14,30H,2,5-8,12-13H2,1H3,(H,31,32,33). The summed E-state index contributed by atoms with van der Waals surface area (Å²) in [5, 5.41) is 11.7. The number of piperazine rings is 1. The summed E-state index contributed by atoms with van der Waals surface area (Å²) in [6.45, 7) is 0.556. The first-order chi connectivity index (χ1) is 17.6. The molecule has 1 saturated heterocycles. The van der Waals surface area contributed by atoms with E-state index < -0.39 is 18.5 Å². The Morgan fingerprint density at radius 1 is 1.14 bits per heavy atom. The predicted octanol–water partition coefficient (Wildman–Crippen LogP) is 5.10. The number of hydrogen-bond donors (Lipinski definition) is 2. The van der Waals surface area contributed by atoms with Crippen LogP contribution in [0, 0.1) is 11.2 Å². The smallest absolute Gasteiger partial charge is 0.405 e. The highest BCUT2D eigenvalue weighted by Crippen LogP contribution is 2.35. The zero-order valence-corrected chi connectivity index (χ0v) is 20.7. The van der Waals surface area contributed by atoms with Crippen molar-refractivity contribution in [3.63, 3.8) is 0 Å². The van der Waals surface area contributed by atoms with E-state index >= 15 is 0 Å². The first-order valence-electron chi connectivity index (χ1n) is 11.4. The Hall–Kier alpha value is -3.38. The van der Waals surface area contributed by atoms with Gasteiger partial charge in [0.05, 0.1) is 30.8 Å². The van der Waals surface area contributed by atoms with Crippen LogP contribution < -0.4 is 14.8 Å². The molecule has 0 radical (unpaired) electrons. The van der Waals surface area contributed by atoms with Crippen LogP contribution in [0.2, 0.25) is 5.02 Å². The van der Waals surface area contributed by atoms with Crippen molar-refractivity contribution < 1.29 is 27.0 Å². The van der Waals surface area contributed by atoms with Gasteiger partial charge >= 0.3 is 6.18 Å². The van der Waals surface area contributed by atoms with Gasteiger partial charge in [0, 0.05) is 36.8 Å². The minimum absolute atomic E-state index is 0.0223. The zero-order valence-electron chi connectivity index (χ0n) is 19.9. The molecule has 1 aliphatic heterocycles. The van der Waals surface area contributed by atoms with E-state index in [0.29, 0.717) is 60.0 Å². The quantitative estimate of drug-likeness (QED) is 0.288. The van der Waals surface area contributed by atoms with Gasteiger partial charge in [0.15, 0.2) is 11.5 Å². The maximum Gasteiger partial charge on any atom is 0.405 e. The molecule has 0 bridgehead atoms. The Morgan fingerprint density at radius 3 is 2.65 bits per heavy atom. The van der Waals surface area contributed by atoms with E-state index in [1.807, 2.05) is 4.90 Å². The molecule has 3 aromatic rings. The van der Waals surface area contributed by atoms with E-state index in [9.17, 15) is 17.6 Å². The SMILES string of the molecule is COc1cc2ncnc(Nc3ccc(F)c(Cl)c3)c2cc1OCCCN1CCN(CC(F)(F)F)C(=N)C1. The molecule has 0 unspecified atom stereocenters. The molecule has 1 aromatic heterocycles. The predicted molar refractivity (Wildman–Crippen MR) is 133 cm³/mol. The number of aromatic nitrogens is 2. The van der Waals surface area contributed by atoms with E-state index in [-0.39, 0.29) is 23.9 Å². The molecule has 1 fully saturated rings. The number of benzene rings is 2. The molecule has 198 valence electrons. The molecule has 8 nitrogen and oxygen atoms in total. The van der Waals surface area contributed by atoms with Gasteiger partial charge in [-0.2, -0.15) is 13.2 Å². The van der Waals surface area contributed by atoms with Gasteiger partial charge in [-0.25, -0.2) is 14.4 Å². The molecule has 0 spiro atoms. The molecule has 0 aliphatic carbocycles. The third-order valence-corrected chi connectivity index (χ3v) is 6.08. The highest BCUT2D eigenvalue weighted by molar-refractivity contribution is 6.31. The van der Waals surface area contributed by atoms with Crippen LogP contribution in [0.15, 0.2) is 36.7 Å². The molecular formula is C24H25ClF4N6O2. The summed E-state index contributed by atoms with van der Waals surface area (Å²) >= 11 is 5.88. The topological polar surface area (TPSA) is 86.6 Å². The second kappa shape index (κ2) is 11.3. The maximum atomic E-state index is 13.5. The number of nitrogens with zero attached hydrogens (tertiary/aromatic N) is 4. The number of halogens is 5. The van der Waals surface area contributed by atoms with Crippen molar-refractivity contribution in [2.75, 3.05) is 51.8 Å². The average Bonchev–Trinajstić information content (AvgIpc) is 2.85. The lowest BCUT2D eigenvalue weighted by atomic mass is 10.2. The van der Waals surface area contributed by atoms with E-state index in [1.165, 1.54) is 25.6 Å². The highest BCUT2D eigenvalue weighted by atomic mass is 35.5. The molecule has 0 amide bonds. The Kier molecular flexibility index (Phi) is 8.18. The minimum atomic E-state index is -4.33. The van der Waals surface area contributed by atoms with Gasteiger partial charge in [-0.1, -0.05) is 11.6 Å². The Morgan fingerprint density at radius 2 is 1.95 bits per heavy atom. The maximum absolute atomic E-state index is 13.5. The van der Waals surface area contributed by atoms with Crippen LogP contribution in [-0.2, 0) is 0 Å². The third-order valence-electron chi connectivity index (χ3n) is 5.79. The molecule has 2 aromatic carbocycles. The van der Waals surface area contributed by atoms with Crippen molar-refractivity contribution in [2.24, 2.45) is 0 Å². The van der Waals surface area contributed by atoms with Gasteiger partial charge in [0.1, 0.15) is 30.3 Å². The number of rotatable bonds is 9. The van der Waals surface area contributed by atoms with Crippen LogP contribution in [0.4, 0.5) is 29.1 Å². The lowest BCUT2D eigenvalue weighted by Gasteiger charge is -2.36. The Bertz CT molecular complexity index is 1280. The molecular weight excluding hydrogens is 516 g/mol. The molecule has 0 atom stereocenters. The molecule has 37 heavy (non-hydrogen) atoms. The largest absolute Gasteiger partial charge is 0.493 e. The van der Waals surface area contributed by atoms with Gasteiger partial charge in [-0.3, -0.25) is 10.3 Å². The summed E-state index contributed by atoms with van der Waals surface area (Å²) in [5.41, 5.74) is 1.15. The molecule has 1 aliphatic rings. The zero-order chi connectivity index (χ0) is 26.6. The van der Waals surface area contributed by atoms with Gasteiger partial charge in [-0.05, 0) is 30.7 Å². The van der Waals surface area contributed by atoms with E-state index in [1.54, 1.807) is 18.2 Å². The van der Waals surface area contributed by atoms with Crippen LogP contribution in [0.25, 0.3) is 10.9 Å². The minimum Gasteiger partial charge on any atom is -0.493 e. The lowest BCUT2D eigenvalue weighted by molar-refractivity contribution is -0.139. The monoisotopic (exact) mass is 540 g/mol. The van der Waals surface area contributed by atoms with E-state index in [0.717, 1.165) is 4.90 Å². The normalized spacial score (nSPS) is 14.8. The molecule has 2 N–H and O–H groups in total. The van der Waals surface area contributed by atoms with Crippen LogP contribution in [0.1, 0.15) is 6.42 Å². The summed E-state index contributed by atoms with van der Waals surface area (Å²) < 4.78 is 62.8. The summed E-state index contributed by atoms with van der Waals surface area (Å²) in [4.78, 5) is 11.6. The van der Waals surface area contributed by atoms with Crippen molar-refractivity contribution in [1.29, 1.82) is 5.41 Å². The van der Waals surface area contributed by atoms with Gasteiger partial charge in [0.25, 0.3) is 0 Å². The van der Waals surface area contributed by atoms with E-state index in [4.69, 9.17) is 26.5 Å². The van der Waals surface area contributed by atoms with Gasteiger partial charge in [0.2, 0.25) is 0 Å². The fraction of sp³-hybridized carbons (Fsp3) is 0.375. The molecule has 13 heteroatoms. The summed E-state index contributed by atoms with van der Waals surface area (Å²) in [5.74, 6) is 0.844. The fourth-order valence-electron chi connectivity index (χ4n) is 3.99. The number of fused-ring (bicyclic) bond motifs is 1. The number of anilines is 2. The van der Waals surface area contributed by atoms with Crippen molar-refractivity contribution in [3.05, 3.63) is 47.5 Å². The Balaban J connectivity index is 1.39. The lowest BCUT2D eigenvalue weighted by Crippen LogP contribution is -2.52. The number of alkyl halides is 3. The number of nitrogens with one attached hydrogen (secondary N) is 2. The van der Waals surface area contributed by atoms with Crippen molar-refractivity contribution in [1.82, 2.24) is 19.8 Å². The summed E-state index contributed by atoms with van der Waals surface area (Å²) in [7, 11) is 1.51. The second-order valence-electron chi connectivity index (χ2n) is 8.46. The number of hydrogen-bond acceptors (Lipinski definition) is 7. The average molecular weight is 541 g/mol. The first-order valence-corrected chi connectivity index (χ1v) is 11.8. The van der Waals surface area contributed by atoms with E-state index in [2.05, 4.69) is 15.3 Å². The van der Waals surface area contributed by atoms with Crippen molar-refractivity contribution in [3.8, 4) is 11.5 Å². The summed E-state index contributed by atoms with van der Waals surface area (Å²) in [6.07, 6.45) is -2.34. The van der Waals surface area contributed by atoms with Crippen LogP contribution in [-0.4, -0.2) is 78.2 Å². The molecule has 4 rings (SSSR count). The Labute approximate surface area is 215 Å². The van der Waals surface area contributed by atoms with Crippen LogP contribution >= 0.6 is 11.6 Å². The second-order valence-corrected chi connectivity index (χ2v) is 8.87. The van der Waals surface area contributed by atoms with Crippen molar-refractivity contribution in [2.45, 2.75) is 12.6 Å². The highest BCUT2D eigenvalue weighted by Gasteiger charge is 2.33. The van der Waals surface area contributed by atoms with Crippen LogP contribution in [0.3, 0.4) is 0 Å². The van der Waals surface area contributed by atoms with Crippen LogP contribution in [0.5, 0.6) is 11.5 Å². The summed E-state index contributed by atoms with van der Waals surface area (Å²) in [6, 6.07) is 7.71. The molecule has 0 saturated carbocycles. The first kappa shape index (κ1) is 26.7. The number of amidine groups is 1. The molecule has 2 heterocycles. The van der Waals surface area contributed by atoms with Gasteiger partial charge < -0.3 is 19.7 Å². The number of ether oxygens (including phenoxy) is 2. The fourth-order valence-corrected chi connectivity index (χ4v) is 4.17. The number of methoxy groups -OCH3 is 1. The third kappa shape index (κ3) is 6.89.